The average Bonchev–Trinajstić information content (AvgIpc) is 2.51. The van der Waals surface area contributed by atoms with Gasteiger partial charge >= 0.3 is 0 Å². The Morgan fingerprint density at radius 3 is 2.26 bits per heavy atom. The van der Waals surface area contributed by atoms with Crippen LogP contribution in [-0.4, -0.2) is 33.7 Å². The topological polar surface area (TPSA) is 66.5 Å². The number of hydrogen-bond acceptors (Lipinski definition) is 3. The summed E-state index contributed by atoms with van der Waals surface area (Å²) in [6.07, 6.45) is 1.15. The molecular formula is C16H17BrN2O3S. The summed E-state index contributed by atoms with van der Waals surface area (Å²) in [7, 11) is -3.41. The number of amides is 1. The summed E-state index contributed by atoms with van der Waals surface area (Å²) in [6.45, 7) is 0.391. The van der Waals surface area contributed by atoms with Crippen LogP contribution in [0.2, 0.25) is 0 Å². The molecule has 1 amide bonds. The van der Waals surface area contributed by atoms with Gasteiger partial charge in [-0.3, -0.25) is 9.10 Å². The van der Waals surface area contributed by atoms with Crippen molar-refractivity contribution in [2.24, 2.45) is 0 Å². The lowest BCUT2D eigenvalue weighted by atomic mass is 10.2. The molecule has 23 heavy (non-hydrogen) atoms. The molecule has 2 aromatic rings. The Balaban J connectivity index is 2.00. The van der Waals surface area contributed by atoms with Gasteiger partial charge in [0.25, 0.3) is 5.91 Å². The van der Waals surface area contributed by atoms with E-state index in [4.69, 9.17) is 0 Å². The van der Waals surface area contributed by atoms with Crippen molar-refractivity contribution in [3.8, 4) is 0 Å². The van der Waals surface area contributed by atoms with Crippen LogP contribution in [0.5, 0.6) is 0 Å². The summed E-state index contributed by atoms with van der Waals surface area (Å²) in [4.78, 5) is 12.0. The number of benzene rings is 2. The first-order valence-corrected chi connectivity index (χ1v) is 9.58. The third-order valence-electron chi connectivity index (χ3n) is 3.15. The van der Waals surface area contributed by atoms with E-state index in [1.54, 1.807) is 48.5 Å². The summed E-state index contributed by atoms with van der Waals surface area (Å²) in [6, 6.07) is 15.8. The van der Waals surface area contributed by atoms with Gasteiger partial charge < -0.3 is 5.32 Å². The van der Waals surface area contributed by atoms with E-state index < -0.39 is 10.0 Å². The van der Waals surface area contributed by atoms with Crippen LogP contribution >= 0.6 is 15.9 Å². The average molecular weight is 397 g/mol. The minimum atomic E-state index is -3.41. The quantitative estimate of drug-likeness (QED) is 0.815. The zero-order chi connectivity index (χ0) is 16.9. The molecule has 7 heteroatoms. The van der Waals surface area contributed by atoms with Crippen molar-refractivity contribution in [1.29, 1.82) is 0 Å². The maximum Gasteiger partial charge on any atom is 0.251 e. The standard InChI is InChI=1S/C16H17BrN2O3S/c1-23(21,22)19(15-5-3-2-4-6-15)12-11-18-16(20)13-7-9-14(17)10-8-13/h2-10H,11-12H2,1H3,(H,18,20). The molecule has 0 saturated heterocycles. The van der Waals surface area contributed by atoms with Crippen molar-refractivity contribution in [2.75, 3.05) is 23.7 Å². The zero-order valence-electron chi connectivity index (χ0n) is 12.6. The first-order chi connectivity index (χ1) is 10.9. The highest BCUT2D eigenvalue weighted by atomic mass is 79.9. The second-order valence-corrected chi connectivity index (χ2v) is 7.76. The highest BCUT2D eigenvalue weighted by molar-refractivity contribution is 9.10. The maximum atomic E-state index is 12.0. The van der Waals surface area contributed by atoms with Crippen molar-refractivity contribution < 1.29 is 13.2 Å². The van der Waals surface area contributed by atoms with Crippen molar-refractivity contribution in [2.45, 2.75) is 0 Å². The normalized spacial score (nSPS) is 11.0. The van der Waals surface area contributed by atoms with Crippen LogP contribution in [0.1, 0.15) is 10.4 Å². The van der Waals surface area contributed by atoms with E-state index in [1.165, 1.54) is 4.31 Å². The number of halogens is 1. The van der Waals surface area contributed by atoms with Gasteiger partial charge in [0.05, 0.1) is 18.5 Å². The molecule has 0 fully saturated rings. The van der Waals surface area contributed by atoms with Crippen LogP contribution < -0.4 is 9.62 Å². The van der Waals surface area contributed by atoms with Crippen LogP contribution in [-0.2, 0) is 10.0 Å². The highest BCUT2D eigenvalue weighted by Crippen LogP contribution is 2.16. The van der Waals surface area contributed by atoms with Gasteiger partial charge in [0.15, 0.2) is 0 Å². The number of anilines is 1. The molecule has 2 rings (SSSR count). The second kappa shape index (κ2) is 7.61. The minimum Gasteiger partial charge on any atom is -0.350 e. The Morgan fingerprint density at radius 1 is 1.09 bits per heavy atom. The number of carbonyl (C=O) groups is 1. The Kier molecular flexibility index (Phi) is 5.79. The van der Waals surface area contributed by atoms with Crippen LogP contribution in [0.25, 0.3) is 0 Å². The van der Waals surface area contributed by atoms with Crippen LogP contribution in [0.4, 0.5) is 5.69 Å². The first-order valence-electron chi connectivity index (χ1n) is 6.94. The number of hydrogen-bond donors (Lipinski definition) is 1. The summed E-state index contributed by atoms with van der Waals surface area (Å²) in [5, 5.41) is 2.73. The number of sulfonamides is 1. The Labute approximate surface area is 144 Å². The lowest BCUT2D eigenvalue weighted by molar-refractivity contribution is 0.0955. The maximum absolute atomic E-state index is 12.0. The number of rotatable bonds is 6. The van der Waals surface area contributed by atoms with Crippen molar-refractivity contribution >= 4 is 37.5 Å². The Bertz CT molecular complexity index is 762. The molecule has 122 valence electrons. The number of para-hydroxylation sites is 1. The zero-order valence-corrected chi connectivity index (χ0v) is 15.0. The minimum absolute atomic E-state index is 0.172. The van der Waals surface area contributed by atoms with Gasteiger partial charge in [-0.05, 0) is 36.4 Å². The second-order valence-electron chi connectivity index (χ2n) is 4.93. The Hall–Kier alpha value is -1.86. The van der Waals surface area contributed by atoms with Gasteiger partial charge in [-0.2, -0.15) is 0 Å². The molecule has 1 N–H and O–H groups in total. The molecule has 0 aromatic heterocycles. The number of carbonyl (C=O) groups excluding carboxylic acids is 1. The van der Waals surface area contributed by atoms with E-state index in [2.05, 4.69) is 21.2 Å². The van der Waals surface area contributed by atoms with Crippen molar-refractivity contribution in [1.82, 2.24) is 5.32 Å². The third kappa shape index (κ3) is 5.07. The molecule has 0 aliphatic carbocycles. The molecule has 0 bridgehead atoms. The smallest absolute Gasteiger partial charge is 0.251 e. The van der Waals surface area contributed by atoms with Crippen LogP contribution in [0.15, 0.2) is 59.1 Å². The molecule has 2 aromatic carbocycles. The van der Waals surface area contributed by atoms with E-state index >= 15 is 0 Å². The summed E-state index contributed by atoms with van der Waals surface area (Å²) < 4.78 is 26.0. The van der Waals surface area contributed by atoms with E-state index in [0.717, 1.165) is 10.7 Å². The Morgan fingerprint density at radius 2 is 1.70 bits per heavy atom. The van der Waals surface area contributed by atoms with E-state index in [-0.39, 0.29) is 19.0 Å². The molecule has 0 aliphatic heterocycles. The van der Waals surface area contributed by atoms with Crippen molar-refractivity contribution in [3.05, 3.63) is 64.6 Å². The molecule has 0 aliphatic rings. The van der Waals surface area contributed by atoms with E-state index in [9.17, 15) is 13.2 Å². The number of nitrogens with one attached hydrogen (secondary N) is 1. The SMILES string of the molecule is CS(=O)(=O)N(CCNC(=O)c1ccc(Br)cc1)c1ccccc1. The fraction of sp³-hybridized carbons (Fsp3) is 0.188. The molecule has 0 unspecified atom stereocenters. The fourth-order valence-electron chi connectivity index (χ4n) is 2.05. The molecule has 5 nitrogen and oxygen atoms in total. The summed E-state index contributed by atoms with van der Waals surface area (Å²) >= 11 is 3.31. The first kappa shape index (κ1) is 17.5. The molecule has 0 saturated carbocycles. The van der Waals surface area contributed by atoms with E-state index in [1.807, 2.05) is 6.07 Å². The molecule has 0 spiro atoms. The molecule has 0 heterocycles. The largest absolute Gasteiger partial charge is 0.350 e. The molecular weight excluding hydrogens is 380 g/mol. The lowest BCUT2D eigenvalue weighted by Gasteiger charge is -2.22. The molecule has 0 radical (unpaired) electrons. The van der Waals surface area contributed by atoms with Crippen LogP contribution in [0.3, 0.4) is 0 Å². The summed E-state index contributed by atoms with van der Waals surface area (Å²) in [5.74, 6) is -0.237. The lowest BCUT2D eigenvalue weighted by Crippen LogP contribution is -2.38. The monoisotopic (exact) mass is 396 g/mol. The predicted octanol–water partition coefficient (Wildman–Crippen LogP) is 2.65. The van der Waals surface area contributed by atoms with Crippen LogP contribution in [0, 0.1) is 0 Å². The fourth-order valence-corrected chi connectivity index (χ4v) is 3.25. The summed E-state index contributed by atoms with van der Waals surface area (Å²) in [5.41, 5.74) is 1.10. The molecule has 0 atom stereocenters. The van der Waals surface area contributed by atoms with Gasteiger partial charge in [0.1, 0.15) is 0 Å². The van der Waals surface area contributed by atoms with E-state index in [0.29, 0.717) is 11.3 Å². The van der Waals surface area contributed by atoms with Crippen molar-refractivity contribution in [3.63, 3.8) is 0 Å². The third-order valence-corrected chi connectivity index (χ3v) is 4.87. The van der Waals surface area contributed by atoms with Gasteiger partial charge in [-0.1, -0.05) is 34.1 Å². The van der Waals surface area contributed by atoms with Gasteiger partial charge in [-0.15, -0.1) is 0 Å². The highest BCUT2D eigenvalue weighted by Gasteiger charge is 2.17. The predicted molar refractivity (Wildman–Crippen MR) is 95.1 cm³/mol. The number of nitrogens with zero attached hydrogens (tertiary/aromatic N) is 1. The van der Waals surface area contributed by atoms with Gasteiger partial charge in [0, 0.05) is 16.6 Å². The van der Waals surface area contributed by atoms with Gasteiger partial charge in [0.2, 0.25) is 10.0 Å². The van der Waals surface area contributed by atoms with Gasteiger partial charge in [-0.25, -0.2) is 8.42 Å².